The molecule has 12 nitrogen and oxygen atoms in total. The van der Waals surface area contributed by atoms with Gasteiger partial charge in [-0.05, 0) is 43.6 Å². The van der Waals surface area contributed by atoms with Gasteiger partial charge in [0.1, 0.15) is 25.0 Å². The minimum absolute atomic E-state index is 0.149. The average Bonchev–Trinajstić information content (AvgIpc) is 3.83. The number of aromatic nitrogens is 4. The topological polar surface area (TPSA) is 102 Å². The molecule has 12 heteroatoms. The maximum atomic E-state index is 13.2. The molecule has 0 radical (unpaired) electrons. The van der Waals surface area contributed by atoms with E-state index in [-0.39, 0.29) is 25.2 Å². The molecule has 3 aliphatic rings. The third kappa shape index (κ3) is 6.15. The molecule has 0 bridgehead atoms. The number of fused-ring (bicyclic) bond motifs is 2. The molecule has 0 aliphatic carbocycles. The zero-order valence-electron chi connectivity index (χ0n) is 26.0. The number of nitrogens with zero attached hydrogens (tertiary/aromatic N) is 8. The Morgan fingerprint density at radius 1 is 1.11 bits per heavy atom. The van der Waals surface area contributed by atoms with Gasteiger partial charge < -0.3 is 28.9 Å². The van der Waals surface area contributed by atoms with E-state index >= 15 is 0 Å². The summed E-state index contributed by atoms with van der Waals surface area (Å²) in [7, 11) is 2.12. The largest absolute Gasteiger partial charge is 0.493 e. The van der Waals surface area contributed by atoms with Crippen LogP contribution in [-0.2, 0) is 24.2 Å². The summed E-state index contributed by atoms with van der Waals surface area (Å²) in [6, 6.07) is 16.0. The standard InChI is InChI=1S/C34H38N8O4/c1-35-19-28-21-40(15-16-41(28)34(43)46-22-24-8-4-3-5-9-24)32-31-36-20-27(18-25-10-6-12-30-29(25)13-17-44-30)42(31)38-33(37-32)45-23-26-11-7-14-39(26)2/h3-6,8-10,12,20,26,28H,7,11,13-19,21-23H2,2H3/t26-,28-/m0/s1. The van der Waals surface area contributed by atoms with Crippen molar-refractivity contribution >= 4 is 17.6 Å². The van der Waals surface area contributed by atoms with E-state index in [9.17, 15) is 4.79 Å². The predicted octanol–water partition coefficient (Wildman–Crippen LogP) is 3.87. The van der Waals surface area contributed by atoms with E-state index in [1.54, 1.807) is 4.90 Å². The number of anilines is 1. The van der Waals surface area contributed by atoms with Gasteiger partial charge >= 0.3 is 12.1 Å². The number of likely N-dealkylation sites (N-methyl/N-ethyl adjacent to an activating group) is 1. The van der Waals surface area contributed by atoms with Crippen molar-refractivity contribution in [1.29, 1.82) is 0 Å². The number of hydrogen-bond donors (Lipinski definition) is 0. The molecular formula is C34H38N8O4. The monoisotopic (exact) mass is 622 g/mol. The number of carbonyl (C=O) groups excluding carboxylic acids is 1. The van der Waals surface area contributed by atoms with Gasteiger partial charge in [-0.25, -0.2) is 20.9 Å². The lowest BCUT2D eigenvalue weighted by Gasteiger charge is -2.39. The Hall–Kier alpha value is -4.89. The summed E-state index contributed by atoms with van der Waals surface area (Å²) < 4.78 is 19.6. The Kier molecular flexibility index (Phi) is 8.57. The molecule has 238 valence electrons. The van der Waals surface area contributed by atoms with Gasteiger partial charge in [-0.2, -0.15) is 4.98 Å². The number of likely N-dealkylation sites (tertiary alicyclic amines) is 1. The SMILES string of the molecule is [C-]#[N+]C[C@H]1CN(c2nc(OC[C@@H]3CCCN3C)nn3c(Cc4cccc5c4CCO5)cnc23)CCN1C(=O)OCc1ccccc1. The van der Waals surface area contributed by atoms with Crippen LogP contribution in [0.3, 0.4) is 0 Å². The fourth-order valence-corrected chi connectivity index (χ4v) is 6.65. The maximum absolute atomic E-state index is 13.2. The number of imidazole rings is 1. The Labute approximate surface area is 268 Å². The fraction of sp³-hybridized carbons (Fsp3) is 0.441. The molecule has 1 amide bonds. The predicted molar refractivity (Wildman–Crippen MR) is 171 cm³/mol. The van der Waals surface area contributed by atoms with Crippen LogP contribution in [0, 0.1) is 6.57 Å². The van der Waals surface area contributed by atoms with E-state index in [1.165, 1.54) is 11.1 Å². The highest BCUT2D eigenvalue weighted by Crippen LogP contribution is 2.31. The molecule has 0 saturated carbocycles. The van der Waals surface area contributed by atoms with E-state index < -0.39 is 6.09 Å². The Bertz CT molecular complexity index is 1740. The quantitative estimate of drug-likeness (QED) is 0.258. The van der Waals surface area contributed by atoms with Crippen LogP contribution in [0.25, 0.3) is 10.5 Å². The lowest BCUT2D eigenvalue weighted by Crippen LogP contribution is -2.56. The molecule has 2 atom stereocenters. The molecular weight excluding hydrogens is 584 g/mol. The molecule has 46 heavy (non-hydrogen) atoms. The highest BCUT2D eigenvalue weighted by Gasteiger charge is 2.35. The van der Waals surface area contributed by atoms with E-state index in [4.69, 9.17) is 35.8 Å². The van der Waals surface area contributed by atoms with Crippen molar-refractivity contribution in [2.24, 2.45) is 0 Å². The highest BCUT2D eigenvalue weighted by molar-refractivity contribution is 5.70. The van der Waals surface area contributed by atoms with Gasteiger partial charge in [-0.3, -0.25) is 4.90 Å². The fourth-order valence-electron chi connectivity index (χ4n) is 6.65. The smallest absolute Gasteiger partial charge is 0.410 e. The first-order valence-electron chi connectivity index (χ1n) is 15.9. The number of ether oxygens (including phenoxy) is 3. The molecule has 0 N–H and O–H groups in total. The van der Waals surface area contributed by atoms with E-state index in [0.717, 1.165) is 42.8 Å². The van der Waals surface area contributed by atoms with Gasteiger partial charge in [0.2, 0.25) is 6.54 Å². The number of rotatable bonds is 9. The van der Waals surface area contributed by atoms with Crippen molar-refractivity contribution in [3.05, 3.63) is 88.5 Å². The second kappa shape index (κ2) is 13.2. The van der Waals surface area contributed by atoms with Crippen molar-refractivity contribution in [3.8, 4) is 11.8 Å². The summed E-state index contributed by atoms with van der Waals surface area (Å²) in [4.78, 5) is 32.6. The van der Waals surface area contributed by atoms with Gasteiger partial charge in [0, 0.05) is 44.1 Å². The lowest BCUT2D eigenvalue weighted by atomic mass is 10.0. The van der Waals surface area contributed by atoms with Gasteiger partial charge in [0.25, 0.3) is 0 Å². The third-order valence-corrected chi connectivity index (χ3v) is 9.21. The third-order valence-electron chi connectivity index (χ3n) is 9.21. The Morgan fingerprint density at radius 2 is 2.00 bits per heavy atom. The zero-order chi connectivity index (χ0) is 31.5. The van der Waals surface area contributed by atoms with Gasteiger partial charge in [-0.15, -0.1) is 5.10 Å². The summed E-state index contributed by atoms with van der Waals surface area (Å²) in [5.41, 5.74) is 4.86. The number of piperazine rings is 1. The Balaban J connectivity index is 1.16. The molecule has 2 aromatic carbocycles. The molecule has 2 fully saturated rings. The maximum Gasteiger partial charge on any atom is 0.410 e. The molecule has 7 rings (SSSR count). The lowest BCUT2D eigenvalue weighted by molar-refractivity contribution is 0.0788. The minimum atomic E-state index is -0.419. The summed E-state index contributed by atoms with van der Waals surface area (Å²) >= 11 is 0. The molecule has 4 aromatic rings. The Morgan fingerprint density at radius 3 is 2.83 bits per heavy atom. The second-order valence-corrected chi connectivity index (χ2v) is 12.1. The first-order chi connectivity index (χ1) is 22.6. The van der Waals surface area contributed by atoms with Crippen LogP contribution in [0.4, 0.5) is 10.6 Å². The molecule has 2 saturated heterocycles. The van der Waals surface area contributed by atoms with Crippen LogP contribution in [0.5, 0.6) is 11.8 Å². The van der Waals surface area contributed by atoms with Gasteiger partial charge in [0.05, 0.1) is 18.5 Å². The van der Waals surface area contributed by atoms with Crippen molar-refractivity contribution in [3.63, 3.8) is 0 Å². The molecule has 0 spiro atoms. The van der Waals surface area contributed by atoms with Gasteiger partial charge in [0.15, 0.2) is 11.5 Å². The summed E-state index contributed by atoms with van der Waals surface area (Å²) in [6.45, 7) is 11.5. The highest BCUT2D eigenvalue weighted by atomic mass is 16.6. The van der Waals surface area contributed by atoms with Crippen molar-refractivity contribution < 1.29 is 19.0 Å². The van der Waals surface area contributed by atoms with Crippen molar-refractivity contribution in [1.82, 2.24) is 29.4 Å². The summed E-state index contributed by atoms with van der Waals surface area (Å²) in [5.74, 6) is 1.57. The van der Waals surface area contributed by atoms with E-state index in [1.807, 2.05) is 53.2 Å². The van der Waals surface area contributed by atoms with Crippen LogP contribution in [0.2, 0.25) is 0 Å². The van der Waals surface area contributed by atoms with Crippen LogP contribution >= 0.6 is 0 Å². The minimum Gasteiger partial charge on any atom is -0.493 e. The number of hydrogen-bond acceptors (Lipinski definition) is 9. The summed E-state index contributed by atoms with van der Waals surface area (Å²) in [5, 5.41) is 4.83. The van der Waals surface area contributed by atoms with Crippen molar-refractivity contribution in [2.75, 3.05) is 57.9 Å². The number of carbonyl (C=O) groups is 1. The van der Waals surface area contributed by atoms with Crippen LogP contribution in [0.1, 0.15) is 35.2 Å². The molecule has 3 aliphatic heterocycles. The first kappa shape index (κ1) is 29.8. The average molecular weight is 623 g/mol. The van der Waals surface area contributed by atoms with E-state index in [2.05, 4.69) is 27.8 Å². The van der Waals surface area contributed by atoms with Crippen LogP contribution in [-0.4, -0.2) is 101 Å². The number of amides is 1. The molecule has 2 aromatic heterocycles. The van der Waals surface area contributed by atoms with Crippen LogP contribution < -0.4 is 14.4 Å². The molecule has 5 heterocycles. The first-order valence-corrected chi connectivity index (χ1v) is 15.9. The van der Waals surface area contributed by atoms with E-state index in [0.29, 0.717) is 56.8 Å². The zero-order valence-corrected chi connectivity index (χ0v) is 26.0. The van der Waals surface area contributed by atoms with Crippen LogP contribution in [0.15, 0.2) is 54.7 Å². The molecule has 0 unspecified atom stereocenters. The van der Waals surface area contributed by atoms with Crippen molar-refractivity contribution in [2.45, 2.75) is 44.4 Å². The second-order valence-electron chi connectivity index (χ2n) is 12.1. The van der Waals surface area contributed by atoms with Gasteiger partial charge in [-0.1, -0.05) is 42.5 Å². The summed E-state index contributed by atoms with van der Waals surface area (Å²) in [6.07, 6.45) is 5.17. The number of benzene rings is 2. The normalized spacial score (nSPS) is 19.6.